The minimum Gasteiger partial charge on any atom is -0.477 e. The lowest BCUT2D eigenvalue weighted by atomic mass is 10.3. The lowest BCUT2D eigenvalue weighted by Crippen LogP contribution is -2.27. The summed E-state index contributed by atoms with van der Waals surface area (Å²) >= 11 is 0.994. The molecule has 0 saturated carbocycles. The number of methoxy groups -OCH3 is 1. The minimum absolute atomic E-state index is 0.166. The van der Waals surface area contributed by atoms with Gasteiger partial charge in [0, 0.05) is 0 Å². The zero-order valence-corrected chi connectivity index (χ0v) is 9.92. The number of nitrogens with one attached hydrogen (secondary N) is 1. The van der Waals surface area contributed by atoms with Crippen molar-refractivity contribution in [2.75, 3.05) is 12.4 Å². The number of carboxylic acid groups (broad SMARTS) is 1. The van der Waals surface area contributed by atoms with Gasteiger partial charge in [0.2, 0.25) is 0 Å². The van der Waals surface area contributed by atoms with Gasteiger partial charge in [0.15, 0.2) is 5.13 Å². The van der Waals surface area contributed by atoms with Crippen LogP contribution in [0.3, 0.4) is 0 Å². The quantitative estimate of drug-likeness (QED) is 0.772. The van der Waals surface area contributed by atoms with Gasteiger partial charge >= 0.3 is 11.9 Å². The van der Waals surface area contributed by atoms with Crippen LogP contribution in [0.2, 0.25) is 0 Å². The Bertz CT molecular complexity index is 416. The monoisotopic (exact) mass is 244 g/mol. The van der Waals surface area contributed by atoms with Gasteiger partial charge in [-0.05, 0) is 13.8 Å². The number of aryl methyl sites for hydroxylation is 1. The van der Waals surface area contributed by atoms with Gasteiger partial charge in [-0.1, -0.05) is 11.3 Å². The Morgan fingerprint density at radius 2 is 2.19 bits per heavy atom. The van der Waals surface area contributed by atoms with Crippen LogP contribution >= 0.6 is 11.3 Å². The van der Waals surface area contributed by atoms with Gasteiger partial charge in [-0.15, -0.1) is 0 Å². The van der Waals surface area contributed by atoms with E-state index in [0.717, 1.165) is 11.3 Å². The number of carbonyl (C=O) groups is 2. The molecule has 1 aromatic heterocycles. The largest absolute Gasteiger partial charge is 0.477 e. The third-order valence-corrected chi connectivity index (χ3v) is 2.96. The fraction of sp³-hybridized carbons (Fsp3) is 0.444. The number of nitrogens with zero attached hydrogens (tertiary/aromatic N) is 1. The van der Waals surface area contributed by atoms with E-state index in [0.29, 0.717) is 10.8 Å². The Balaban J connectivity index is 2.79. The van der Waals surface area contributed by atoms with Crippen molar-refractivity contribution in [1.82, 2.24) is 4.98 Å². The fourth-order valence-corrected chi connectivity index (χ4v) is 1.97. The highest BCUT2D eigenvalue weighted by Gasteiger charge is 2.18. The summed E-state index contributed by atoms with van der Waals surface area (Å²) in [5, 5.41) is 12.0. The first-order valence-corrected chi connectivity index (χ1v) is 5.32. The average Bonchev–Trinajstić information content (AvgIpc) is 2.58. The van der Waals surface area contributed by atoms with Crippen molar-refractivity contribution >= 4 is 28.4 Å². The first-order valence-electron chi connectivity index (χ1n) is 4.50. The highest BCUT2D eigenvalue weighted by Crippen LogP contribution is 2.22. The van der Waals surface area contributed by atoms with E-state index in [4.69, 9.17) is 5.11 Å². The van der Waals surface area contributed by atoms with Crippen molar-refractivity contribution in [2.24, 2.45) is 0 Å². The number of thiazole rings is 1. The zero-order chi connectivity index (χ0) is 12.3. The van der Waals surface area contributed by atoms with Crippen molar-refractivity contribution in [1.29, 1.82) is 0 Å². The average molecular weight is 244 g/mol. The molecule has 6 nitrogen and oxygen atoms in total. The predicted molar refractivity (Wildman–Crippen MR) is 58.9 cm³/mol. The maximum atomic E-state index is 11.1. The molecule has 0 radical (unpaired) electrons. The molecule has 1 aromatic rings. The number of aromatic carboxylic acids is 1. The number of anilines is 1. The molecule has 0 aliphatic carbocycles. The summed E-state index contributed by atoms with van der Waals surface area (Å²) in [4.78, 5) is 26.1. The summed E-state index contributed by atoms with van der Waals surface area (Å²) < 4.78 is 4.53. The summed E-state index contributed by atoms with van der Waals surface area (Å²) in [6.45, 7) is 3.22. The van der Waals surface area contributed by atoms with Gasteiger partial charge < -0.3 is 15.2 Å². The van der Waals surface area contributed by atoms with Crippen molar-refractivity contribution in [2.45, 2.75) is 19.9 Å². The maximum Gasteiger partial charge on any atom is 0.347 e. The standard InChI is InChI=1S/C9H12N2O4S/c1-4-6(7(12)13)16-9(10-4)11-5(2)8(14)15-3/h5H,1-3H3,(H,10,11)(H,12,13). The Morgan fingerprint density at radius 1 is 1.56 bits per heavy atom. The molecule has 1 atom stereocenters. The van der Waals surface area contributed by atoms with Gasteiger partial charge in [0.05, 0.1) is 12.8 Å². The number of hydrogen-bond acceptors (Lipinski definition) is 6. The molecule has 88 valence electrons. The fourth-order valence-electron chi connectivity index (χ4n) is 1.08. The Kier molecular flexibility index (Phi) is 3.83. The van der Waals surface area contributed by atoms with Crippen molar-refractivity contribution in [3.8, 4) is 0 Å². The highest BCUT2D eigenvalue weighted by molar-refractivity contribution is 7.17. The van der Waals surface area contributed by atoms with Crippen LogP contribution < -0.4 is 5.32 Å². The van der Waals surface area contributed by atoms with E-state index in [1.165, 1.54) is 7.11 Å². The molecule has 7 heteroatoms. The third-order valence-electron chi connectivity index (χ3n) is 1.89. The van der Waals surface area contributed by atoms with E-state index in [2.05, 4.69) is 15.0 Å². The van der Waals surface area contributed by atoms with E-state index in [-0.39, 0.29) is 4.88 Å². The molecule has 1 unspecified atom stereocenters. The second kappa shape index (κ2) is 4.93. The first kappa shape index (κ1) is 12.4. The summed E-state index contributed by atoms with van der Waals surface area (Å²) in [6, 6.07) is -0.558. The molecule has 2 N–H and O–H groups in total. The summed E-state index contributed by atoms with van der Waals surface area (Å²) in [5.74, 6) is -1.45. The van der Waals surface area contributed by atoms with Crippen molar-refractivity contribution in [3.05, 3.63) is 10.6 Å². The van der Waals surface area contributed by atoms with E-state index < -0.39 is 18.0 Å². The molecule has 0 amide bonds. The lowest BCUT2D eigenvalue weighted by Gasteiger charge is -2.09. The number of rotatable bonds is 4. The van der Waals surface area contributed by atoms with Gasteiger partial charge in [-0.3, -0.25) is 0 Å². The Hall–Kier alpha value is -1.63. The van der Waals surface area contributed by atoms with Crippen LogP contribution in [0.1, 0.15) is 22.3 Å². The zero-order valence-electron chi connectivity index (χ0n) is 9.10. The number of ether oxygens (including phenoxy) is 1. The predicted octanol–water partition coefficient (Wildman–Crippen LogP) is 1.12. The molecule has 0 aromatic carbocycles. The van der Waals surface area contributed by atoms with Crippen LogP contribution in [0.15, 0.2) is 0 Å². The van der Waals surface area contributed by atoms with Crippen LogP contribution in [0.4, 0.5) is 5.13 Å². The molecular formula is C9H12N2O4S. The Morgan fingerprint density at radius 3 is 2.62 bits per heavy atom. The van der Waals surface area contributed by atoms with Crippen LogP contribution in [0, 0.1) is 6.92 Å². The van der Waals surface area contributed by atoms with Crippen LogP contribution in [-0.4, -0.2) is 35.2 Å². The van der Waals surface area contributed by atoms with E-state index >= 15 is 0 Å². The van der Waals surface area contributed by atoms with E-state index in [1.54, 1.807) is 13.8 Å². The van der Waals surface area contributed by atoms with E-state index in [9.17, 15) is 9.59 Å². The van der Waals surface area contributed by atoms with Crippen LogP contribution in [-0.2, 0) is 9.53 Å². The van der Waals surface area contributed by atoms with Gasteiger partial charge in [-0.25, -0.2) is 14.6 Å². The molecule has 0 fully saturated rings. The SMILES string of the molecule is COC(=O)C(C)Nc1nc(C)c(C(=O)O)s1. The molecule has 0 aliphatic rings. The number of carboxylic acids is 1. The molecule has 0 spiro atoms. The minimum atomic E-state index is -1.02. The number of hydrogen-bond donors (Lipinski definition) is 2. The van der Waals surface area contributed by atoms with Crippen LogP contribution in [0.5, 0.6) is 0 Å². The molecule has 16 heavy (non-hydrogen) atoms. The molecule has 0 bridgehead atoms. The maximum absolute atomic E-state index is 11.1. The molecule has 1 rings (SSSR count). The van der Waals surface area contributed by atoms with Crippen molar-refractivity contribution < 1.29 is 19.4 Å². The number of esters is 1. The topological polar surface area (TPSA) is 88.5 Å². The van der Waals surface area contributed by atoms with Gasteiger partial charge in [-0.2, -0.15) is 0 Å². The van der Waals surface area contributed by atoms with Gasteiger partial charge in [0.1, 0.15) is 10.9 Å². The van der Waals surface area contributed by atoms with Crippen molar-refractivity contribution in [3.63, 3.8) is 0 Å². The van der Waals surface area contributed by atoms with E-state index in [1.807, 2.05) is 0 Å². The second-order valence-electron chi connectivity index (χ2n) is 3.13. The summed E-state index contributed by atoms with van der Waals surface area (Å²) in [7, 11) is 1.29. The summed E-state index contributed by atoms with van der Waals surface area (Å²) in [6.07, 6.45) is 0. The van der Waals surface area contributed by atoms with Gasteiger partial charge in [0.25, 0.3) is 0 Å². The van der Waals surface area contributed by atoms with Crippen LogP contribution in [0.25, 0.3) is 0 Å². The molecular weight excluding hydrogens is 232 g/mol. The Labute approximate surface area is 96.3 Å². The normalized spacial score (nSPS) is 11.9. The lowest BCUT2D eigenvalue weighted by molar-refractivity contribution is -0.141. The number of carbonyl (C=O) groups excluding carboxylic acids is 1. The molecule has 0 saturated heterocycles. The summed E-state index contributed by atoms with van der Waals surface area (Å²) in [5.41, 5.74) is 0.428. The molecule has 1 heterocycles. The first-order chi connectivity index (χ1) is 7.45. The highest BCUT2D eigenvalue weighted by atomic mass is 32.1. The third kappa shape index (κ3) is 2.69. The number of aromatic nitrogens is 1. The smallest absolute Gasteiger partial charge is 0.347 e. The second-order valence-corrected chi connectivity index (χ2v) is 4.13. The molecule has 0 aliphatic heterocycles.